The van der Waals surface area contributed by atoms with Crippen LogP contribution in [0.15, 0.2) is 27.4 Å². The molecule has 0 aromatic carbocycles. The maximum Gasteiger partial charge on any atom is 0.358 e. The highest BCUT2D eigenvalue weighted by molar-refractivity contribution is 9.11. The van der Waals surface area contributed by atoms with E-state index in [1.165, 1.54) is 7.11 Å². The zero-order chi connectivity index (χ0) is 11.0. The van der Waals surface area contributed by atoms with Gasteiger partial charge in [0.05, 0.1) is 11.6 Å². The molecule has 0 N–H and O–H groups in total. The SMILES string of the molecule is COC(=O)c1cn2cc(Br)cc(Br)c2n1. The van der Waals surface area contributed by atoms with E-state index in [0.717, 1.165) is 8.95 Å². The number of nitrogens with zero attached hydrogens (tertiary/aromatic N) is 2. The topological polar surface area (TPSA) is 43.6 Å². The number of aromatic nitrogens is 2. The first kappa shape index (κ1) is 10.6. The zero-order valence-corrected chi connectivity index (χ0v) is 10.9. The molecule has 0 saturated heterocycles. The summed E-state index contributed by atoms with van der Waals surface area (Å²) in [5.74, 6) is -0.443. The summed E-state index contributed by atoms with van der Waals surface area (Å²) in [6, 6.07) is 1.86. The molecule has 0 saturated carbocycles. The van der Waals surface area contributed by atoms with Crippen LogP contribution in [0, 0.1) is 0 Å². The molecule has 0 unspecified atom stereocenters. The summed E-state index contributed by atoms with van der Waals surface area (Å²) in [4.78, 5) is 15.4. The van der Waals surface area contributed by atoms with Crippen LogP contribution >= 0.6 is 31.9 Å². The van der Waals surface area contributed by atoms with E-state index in [-0.39, 0.29) is 5.69 Å². The second-order valence-electron chi connectivity index (χ2n) is 2.85. The molecule has 0 spiro atoms. The van der Waals surface area contributed by atoms with Crippen molar-refractivity contribution >= 4 is 43.5 Å². The van der Waals surface area contributed by atoms with Crippen LogP contribution in [0.2, 0.25) is 0 Å². The maximum atomic E-state index is 11.3. The van der Waals surface area contributed by atoms with E-state index in [1.54, 1.807) is 10.6 Å². The quantitative estimate of drug-likeness (QED) is 0.753. The van der Waals surface area contributed by atoms with Gasteiger partial charge in [-0.2, -0.15) is 0 Å². The Morgan fingerprint density at radius 2 is 2.20 bits per heavy atom. The van der Waals surface area contributed by atoms with Gasteiger partial charge in [-0.15, -0.1) is 0 Å². The van der Waals surface area contributed by atoms with Gasteiger partial charge in [0.1, 0.15) is 0 Å². The van der Waals surface area contributed by atoms with Crippen LogP contribution in [0.25, 0.3) is 5.65 Å². The third-order valence-electron chi connectivity index (χ3n) is 1.87. The molecule has 0 aliphatic carbocycles. The van der Waals surface area contributed by atoms with Crippen LogP contribution in [0.5, 0.6) is 0 Å². The third-order valence-corrected chi connectivity index (χ3v) is 2.88. The first-order chi connectivity index (χ1) is 7.11. The van der Waals surface area contributed by atoms with Crippen LogP contribution in [0.4, 0.5) is 0 Å². The molecule has 0 radical (unpaired) electrons. The molecule has 2 rings (SSSR count). The Morgan fingerprint density at radius 3 is 2.87 bits per heavy atom. The average molecular weight is 334 g/mol. The van der Waals surface area contributed by atoms with Crippen LogP contribution in [0.3, 0.4) is 0 Å². The second kappa shape index (κ2) is 3.94. The lowest BCUT2D eigenvalue weighted by Crippen LogP contribution is -2.00. The molecule has 4 nitrogen and oxygen atoms in total. The fourth-order valence-electron chi connectivity index (χ4n) is 1.23. The minimum absolute atomic E-state index is 0.288. The van der Waals surface area contributed by atoms with E-state index in [0.29, 0.717) is 5.65 Å². The second-order valence-corrected chi connectivity index (χ2v) is 4.62. The fraction of sp³-hybridized carbons (Fsp3) is 0.111. The van der Waals surface area contributed by atoms with Gasteiger partial charge in [-0.05, 0) is 37.9 Å². The van der Waals surface area contributed by atoms with Crippen molar-refractivity contribution in [1.29, 1.82) is 0 Å². The number of rotatable bonds is 1. The standard InChI is InChI=1S/C9H6Br2N2O2/c1-15-9(14)7-4-13-3-5(10)2-6(11)8(13)12-7/h2-4H,1H3. The van der Waals surface area contributed by atoms with Crippen molar-refractivity contribution in [2.75, 3.05) is 7.11 Å². The molecule has 0 aliphatic heterocycles. The van der Waals surface area contributed by atoms with Crippen molar-refractivity contribution in [1.82, 2.24) is 9.38 Å². The van der Waals surface area contributed by atoms with Gasteiger partial charge in [0, 0.05) is 16.9 Å². The number of carbonyl (C=O) groups excluding carboxylic acids is 1. The van der Waals surface area contributed by atoms with Gasteiger partial charge in [-0.25, -0.2) is 9.78 Å². The number of pyridine rings is 1. The number of hydrogen-bond donors (Lipinski definition) is 0. The van der Waals surface area contributed by atoms with Gasteiger partial charge < -0.3 is 9.14 Å². The molecule has 78 valence electrons. The van der Waals surface area contributed by atoms with Gasteiger partial charge >= 0.3 is 5.97 Å². The Labute approximate surface area is 103 Å². The molecular weight excluding hydrogens is 328 g/mol. The Kier molecular flexibility index (Phi) is 2.79. The molecule has 2 aromatic rings. The van der Waals surface area contributed by atoms with E-state index in [4.69, 9.17) is 0 Å². The summed E-state index contributed by atoms with van der Waals surface area (Å²) in [6.45, 7) is 0. The number of carbonyl (C=O) groups is 1. The minimum Gasteiger partial charge on any atom is -0.464 e. The maximum absolute atomic E-state index is 11.3. The smallest absolute Gasteiger partial charge is 0.358 e. The monoisotopic (exact) mass is 332 g/mol. The van der Waals surface area contributed by atoms with Gasteiger partial charge in [-0.3, -0.25) is 0 Å². The average Bonchev–Trinajstić information content (AvgIpc) is 2.60. The summed E-state index contributed by atoms with van der Waals surface area (Å²) in [6.07, 6.45) is 3.44. The predicted octanol–water partition coefficient (Wildman–Crippen LogP) is 2.65. The number of halogens is 2. The minimum atomic E-state index is -0.443. The first-order valence-electron chi connectivity index (χ1n) is 4.04. The van der Waals surface area contributed by atoms with Crippen LogP contribution in [-0.2, 0) is 4.74 Å². The summed E-state index contributed by atoms with van der Waals surface area (Å²) in [5, 5.41) is 0. The number of ether oxygens (including phenoxy) is 1. The van der Waals surface area contributed by atoms with Crippen molar-refractivity contribution in [3.05, 3.63) is 33.1 Å². The molecule has 2 heterocycles. The molecular formula is C9H6Br2N2O2. The van der Waals surface area contributed by atoms with Crippen LogP contribution in [-0.4, -0.2) is 22.5 Å². The summed E-state index contributed by atoms with van der Waals surface area (Å²) >= 11 is 6.72. The van der Waals surface area contributed by atoms with Crippen molar-refractivity contribution < 1.29 is 9.53 Å². The highest BCUT2D eigenvalue weighted by Crippen LogP contribution is 2.22. The summed E-state index contributed by atoms with van der Waals surface area (Å²) < 4.78 is 8.06. The van der Waals surface area contributed by atoms with Crippen LogP contribution in [0.1, 0.15) is 10.5 Å². The predicted molar refractivity (Wildman–Crippen MR) is 61.9 cm³/mol. The van der Waals surface area contributed by atoms with E-state index in [9.17, 15) is 4.79 Å². The van der Waals surface area contributed by atoms with Crippen LogP contribution < -0.4 is 0 Å². The third kappa shape index (κ3) is 1.91. The normalized spacial score (nSPS) is 10.6. The molecule has 2 aromatic heterocycles. The number of fused-ring (bicyclic) bond motifs is 1. The highest BCUT2D eigenvalue weighted by atomic mass is 79.9. The zero-order valence-electron chi connectivity index (χ0n) is 7.70. The molecule has 0 atom stereocenters. The van der Waals surface area contributed by atoms with Gasteiger partial charge in [0.2, 0.25) is 0 Å². The Morgan fingerprint density at radius 1 is 1.47 bits per heavy atom. The molecule has 0 aliphatic rings. The van der Waals surface area contributed by atoms with E-state index < -0.39 is 5.97 Å². The van der Waals surface area contributed by atoms with Crippen molar-refractivity contribution in [3.63, 3.8) is 0 Å². The number of esters is 1. The number of hydrogen-bond acceptors (Lipinski definition) is 3. The molecule has 0 bridgehead atoms. The molecule has 15 heavy (non-hydrogen) atoms. The van der Waals surface area contributed by atoms with E-state index in [2.05, 4.69) is 41.6 Å². The van der Waals surface area contributed by atoms with Crippen molar-refractivity contribution in [3.8, 4) is 0 Å². The number of methoxy groups -OCH3 is 1. The fourth-order valence-corrected chi connectivity index (χ4v) is 2.52. The highest BCUT2D eigenvalue weighted by Gasteiger charge is 2.12. The van der Waals surface area contributed by atoms with E-state index in [1.807, 2.05) is 12.3 Å². The number of imidazole rings is 1. The first-order valence-corrected chi connectivity index (χ1v) is 5.62. The van der Waals surface area contributed by atoms with Gasteiger partial charge in [0.15, 0.2) is 11.3 Å². The molecule has 0 fully saturated rings. The largest absolute Gasteiger partial charge is 0.464 e. The van der Waals surface area contributed by atoms with Crippen molar-refractivity contribution in [2.24, 2.45) is 0 Å². The Hall–Kier alpha value is -0.880. The summed E-state index contributed by atoms with van der Waals surface area (Å²) in [7, 11) is 1.33. The lowest BCUT2D eigenvalue weighted by molar-refractivity contribution is 0.0595. The Bertz CT molecular complexity index is 536. The summed E-state index contributed by atoms with van der Waals surface area (Å²) in [5.41, 5.74) is 0.968. The Balaban J connectivity index is 2.65. The molecule has 6 heteroatoms. The van der Waals surface area contributed by atoms with Crippen molar-refractivity contribution in [2.45, 2.75) is 0 Å². The van der Waals surface area contributed by atoms with E-state index >= 15 is 0 Å². The van der Waals surface area contributed by atoms with Gasteiger partial charge in [-0.1, -0.05) is 0 Å². The lowest BCUT2D eigenvalue weighted by atomic mass is 10.5. The molecule has 0 amide bonds. The lowest BCUT2D eigenvalue weighted by Gasteiger charge is -1.96. The van der Waals surface area contributed by atoms with Gasteiger partial charge in [0.25, 0.3) is 0 Å².